The third-order valence-corrected chi connectivity index (χ3v) is 2.39. The van der Waals surface area contributed by atoms with Crippen molar-refractivity contribution in [1.29, 1.82) is 0 Å². The van der Waals surface area contributed by atoms with E-state index in [4.69, 9.17) is 10.6 Å². The van der Waals surface area contributed by atoms with Gasteiger partial charge in [-0.05, 0) is 19.4 Å². The second-order valence-electron chi connectivity index (χ2n) is 3.90. The first-order valence-corrected chi connectivity index (χ1v) is 5.54. The van der Waals surface area contributed by atoms with Crippen LogP contribution in [-0.2, 0) is 4.79 Å². The molecule has 1 unspecified atom stereocenters. The van der Waals surface area contributed by atoms with Crippen LogP contribution < -0.4 is 16.0 Å². The summed E-state index contributed by atoms with van der Waals surface area (Å²) in [6.07, 6.45) is 0.215. The maximum absolute atomic E-state index is 13.3. The van der Waals surface area contributed by atoms with Gasteiger partial charge in [0.05, 0.1) is 11.0 Å². The van der Waals surface area contributed by atoms with Gasteiger partial charge in [0.15, 0.2) is 0 Å². The molecule has 3 N–H and O–H groups in total. The number of nitrogens with two attached hydrogens (primary N) is 1. The van der Waals surface area contributed by atoms with E-state index < -0.39 is 16.4 Å². The van der Waals surface area contributed by atoms with Crippen LogP contribution in [0.2, 0.25) is 0 Å². The molecule has 0 aromatic heterocycles. The number of nitro groups is 1. The fraction of sp³-hybridized carbons (Fsp3) is 0.364. The van der Waals surface area contributed by atoms with Gasteiger partial charge in [-0.3, -0.25) is 20.3 Å². The molecule has 0 radical (unpaired) electrons. The van der Waals surface area contributed by atoms with Gasteiger partial charge in [0.2, 0.25) is 11.7 Å². The number of hydrogen-bond acceptors (Lipinski definition) is 5. The van der Waals surface area contributed by atoms with E-state index in [1.807, 2.05) is 5.43 Å². The normalized spacial score (nSPS) is 11.7. The number of carbonyl (C=O) groups excluding carboxylic acids is 1. The standard InChI is InChI=1S/C11H14FN3O4/c1-7(2-5-11(16)14-13)19-8-3-4-10(15(17)18)9(12)6-8/h3-4,6-7H,2,5,13H2,1H3,(H,14,16). The lowest BCUT2D eigenvalue weighted by Crippen LogP contribution is -2.30. The second-order valence-corrected chi connectivity index (χ2v) is 3.90. The first kappa shape index (κ1) is 14.8. The molecule has 1 amide bonds. The number of nitro benzene ring substituents is 1. The highest BCUT2D eigenvalue weighted by atomic mass is 19.1. The van der Waals surface area contributed by atoms with Crippen molar-refractivity contribution < 1.29 is 18.8 Å². The van der Waals surface area contributed by atoms with Gasteiger partial charge >= 0.3 is 5.69 Å². The van der Waals surface area contributed by atoms with Crippen molar-refractivity contribution in [3.63, 3.8) is 0 Å². The average Bonchev–Trinajstić information content (AvgIpc) is 2.35. The number of nitrogens with zero attached hydrogens (tertiary/aromatic N) is 1. The lowest BCUT2D eigenvalue weighted by molar-refractivity contribution is -0.387. The third kappa shape index (κ3) is 4.51. The van der Waals surface area contributed by atoms with Crippen LogP contribution in [0.3, 0.4) is 0 Å². The molecule has 1 atom stereocenters. The summed E-state index contributed by atoms with van der Waals surface area (Å²) in [5, 5.41) is 10.4. The van der Waals surface area contributed by atoms with Gasteiger partial charge in [0.25, 0.3) is 0 Å². The zero-order chi connectivity index (χ0) is 14.4. The largest absolute Gasteiger partial charge is 0.491 e. The van der Waals surface area contributed by atoms with Crippen molar-refractivity contribution in [1.82, 2.24) is 5.43 Å². The van der Waals surface area contributed by atoms with E-state index in [2.05, 4.69) is 0 Å². The molecule has 0 aliphatic carbocycles. The van der Waals surface area contributed by atoms with Crippen molar-refractivity contribution in [3.05, 3.63) is 34.1 Å². The Morgan fingerprint density at radius 2 is 2.32 bits per heavy atom. The number of ether oxygens (including phenoxy) is 1. The van der Waals surface area contributed by atoms with Crippen molar-refractivity contribution in [2.24, 2.45) is 5.84 Å². The maximum Gasteiger partial charge on any atom is 0.305 e. The summed E-state index contributed by atoms with van der Waals surface area (Å²) in [5.41, 5.74) is 1.37. The maximum atomic E-state index is 13.3. The van der Waals surface area contributed by atoms with Gasteiger partial charge in [-0.1, -0.05) is 0 Å². The molecule has 0 spiro atoms. The van der Waals surface area contributed by atoms with Gasteiger partial charge in [-0.15, -0.1) is 0 Å². The van der Waals surface area contributed by atoms with E-state index >= 15 is 0 Å². The number of benzene rings is 1. The molecule has 0 bridgehead atoms. The number of rotatable bonds is 6. The van der Waals surface area contributed by atoms with Crippen LogP contribution in [0.1, 0.15) is 19.8 Å². The molecule has 0 heterocycles. The minimum Gasteiger partial charge on any atom is -0.491 e. The average molecular weight is 271 g/mol. The molecule has 0 saturated carbocycles. The molecule has 19 heavy (non-hydrogen) atoms. The Hall–Kier alpha value is -2.22. The number of nitrogens with one attached hydrogen (secondary N) is 1. The molecule has 0 aliphatic heterocycles. The van der Waals surface area contributed by atoms with Crippen molar-refractivity contribution in [2.45, 2.75) is 25.9 Å². The Morgan fingerprint density at radius 1 is 1.63 bits per heavy atom. The van der Waals surface area contributed by atoms with Gasteiger partial charge < -0.3 is 4.74 Å². The van der Waals surface area contributed by atoms with Crippen LogP contribution in [0.4, 0.5) is 10.1 Å². The number of hydrogen-bond donors (Lipinski definition) is 2. The summed E-state index contributed by atoms with van der Waals surface area (Å²) in [6.45, 7) is 1.70. The van der Waals surface area contributed by atoms with Crippen LogP contribution in [0, 0.1) is 15.9 Å². The molecule has 0 fully saturated rings. The van der Waals surface area contributed by atoms with Crippen LogP contribution in [0.5, 0.6) is 5.75 Å². The predicted molar refractivity (Wildman–Crippen MR) is 64.7 cm³/mol. The van der Waals surface area contributed by atoms with Crippen LogP contribution in [-0.4, -0.2) is 16.9 Å². The Morgan fingerprint density at radius 3 is 2.84 bits per heavy atom. The zero-order valence-corrected chi connectivity index (χ0v) is 10.3. The first-order chi connectivity index (χ1) is 8.93. The van der Waals surface area contributed by atoms with E-state index in [9.17, 15) is 19.3 Å². The smallest absolute Gasteiger partial charge is 0.305 e. The number of hydrazine groups is 1. The minimum atomic E-state index is -0.964. The van der Waals surface area contributed by atoms with Crippen molar-refractivity contribution in [3.8, 4) is 5.75 Å². The number of carbonyl (C=O) groups is 1. The van der Waals surface area contributed by atoms with E-state index in [0.29, 0.717) is 6.42 Å². The monoisotopic (exact) mass is 271 g/mol. The van der Waals surface area contributed by atoms with Crippen LogP contribution >= 0.6 is 0 Å². The summed E-state index contributed by atoms with van der Waals surface area (Å²) < 4.78 is 18.7. The molecule has 104 valence electrons. The molecule has 8 heteroatoms. The van der Waals surface area contributed by atoms with Gasteiger partial charge in [0, 0.05) is 18.6 Å². The quantitative estimate of drug-likeness (QED) is 0.350. The van der Waals surface area contributed by atoms with E-state index in [0.717, 1.165) is 12.1 Å². The Balaban J connectivity index is 2.60. The molecule has 0 saturated heterocycles. The molecule has 1 rings (SSSR count). The van der Waals surface area contributed by atoms with Gasteiger partial charge in [-0.2, -0.15) is 4.39 Å². The van der Waals surface area contributed by atoms with Crippen molar-refractivity contribution >= 4 is 11.6 Å². The minimum absolute atomic E-state index is 0.170. The van der Waals surface area contributed by atoms with E-state index in [-0.39, 0.29) is 24.2 Å². The third-order valence-electron chi connectivity index (χ3n) is 2.39. The Kier molecular flexibility index (Phi) is 5.19. The summed E-state index contributed by atoms with van der Waals surface area (Å²) in [6, 6.07) is 3.28. The fourth-order valence-corrected chi connectivity index (χ4v) is 1.41. The molecular weight excluding hydrogens is 257 g/mol. The molecule has 7 nitrogen and oxygen atoms in total. The lowest BCUT2D eigenvalue weighted by atomic mass is 10.2. The van der Waals surface area contributed by atoms with E-state index in [1.54, 1.807) is 6.92 Å². The molecular formula is C11H14FN3O4. The summed E-state index contributed by atoms with van der Waals surface area (Å²) in [7, 11) is 0. The SMILES string of the molecule is CC(CCC(=O)NN)Oc1ccc([N+](=O)[O-])c(F)c1. The highest BCUT2D eigenvalue weighted by Gasteiger charge is 2.15. The van der Waals surface area contributed by atoms with Gasteiger partial charge in [-0.25, -0.2) is 5.84 Å². The predicted octanol–water partition coefficient (Wildman–Crippen LogP) is 1.27. The summed E-state index contributed by atoms with van der Waals surface area (Å²) >= 11 is 0. The first-order valence-electron chi connectivity index (χ1n) is 5.54. The lowest BCUT2D eigenvalue weighted by Gasteiger charge is -2.14. The number of halogens is 1. The van der Waals surface area contributed by atoms with Crippen LogP contribution in [0.25, 0.3) is 0 Å². The highest BCUT2D eigenvalue weighted by molar-refractivity contribution is 5.75. The Bertz CT molecular complexity index is 481. The topological polar surface area (TPSA) is 107 Å². The van der Waals surface area contributed by atoms with Crippen LogP contribution in [0.15, 0.2) is 18.2 Å². The zero-order valence-electron chi connectivity index (χ0n) is 10.3. The van der Waals surface area contributed by atoms with Gasteiger partial charge in [0.1, 0.15) is 5.75 Å². The fourth-order valence-electron chi connectivity index (χ4n) is 1.41. The van der Waals surface area contributed by atoms with Crippen molar-refractivity contribution in [2.75, 3.05) is 0 Å². The molecule has 1 aromatic rings. The highest BCUT2D eigenvalue weighted by Crippen LogP contribution is 2.23. The summed E-state index contributed by atoms with van der Waals surface area (Å²) in [5.74, 6) is 3.80. The Labute approximate surface area is 108 Å². The molecule has 0 aliphatic rings. The summed E-state index contributed by atoms with van der Waals surface area (Å²) in [4.78, 5) is 20.5. The second kappa shape index (κ2) is 6.64. The van der Waals surface area contributed by atoms with E-state index in [1.165, 1.54) is 6.07 Å². The molecule has 1 aromatic carbocycles. The number of amides is 1.